The van der Waals surface area contributed by atoms with Crippen molar-refractivity contribution < 1.29 is 0 Å². The number of nitrogens with one attached hydrogen (secondary N) is 4. The van der Waals surface area contributed by atoms with Crippen LogP contribution in [-0.2, 0) is 0 Å². The molecule has 0 bridgehead atoms. The van der Waals surface area contributed by atoms with E-state index < -0.39 is 22.5 Å². The van der Waals surface area contributed by atoms with Crippen LogP contribution in [0.2, 0.25) is 10.0 Å². The highest BCUT2D eigenvalue weighted by Crippen LogP contribution is 2.23. The average molecular weight is 375 g/mol. The number of H-pyrrole nitrogens is 4. The molecule has 2 aromatic rings. The number of hydrogen-bond donors (Lipinski definition) is 4. The monoisotopic (exact) mass is 374 g/mol. The number of piperazine rings is 1. The van der Waals surface area contributed by atoms with E-state index in [9.17, 15) is 19.2 Å². The van der Waals surface area contributed by atoms with Crippen molar-refractivity contribution in [1.82, 2.24) is 19.9 Å². The van der Waals surface area contributed by atoms with Gasteiger partial charge < -0.3 is 9.80 Å². The molecule has 10 nitrogen and oxygen atoms in total. The molecular weight excluding hydrogens is 363 g/mol. The third-order valence-corrected chi connectivity index (χ3v) is 4.35. The van der Waals surface area contributed by atoms with Crippen LogP contribution in [0.4, 0.5) is 11.6 Å². The molecule has 2 aromatic heterocycles. The summed E-state index contributed by atoms with van der Waals surface area (Å²) in [6.07, 6.45) is 0. The third kappa shape index (κ3) is 2.97. The largest absolute Gasteiger partial charge is 0.353 e. The van der Waals surface area contributed by atoms with Gasteiger partial charge in [-0.3, -0.25) is 29.5 Å². The lowest BCUT2D eigenvalue weighted by Gasteiger charge is -2.36. The molecule has 4 N–H and O–H groups in total. The fourth-order valence-electron chi connectivity index (χ4n) is 2.51. The second kappa shape index (κ2) is 6.21. The zero-order chi connectivity index (χ0) is 17.4. The fraction of sp³-hybridized carbons (Fsp3) is 0.333. The summed E-state index contributed by atoms with van der Waals surface area (Å²) in [6.45, 7) is 1.57. The molecule has 0 aliphatic carbocycles. The quantitative estimate of drug-likeness (QED) is 0.535. The van der Waals surface area contributed by atoms with E-state index in [1.807, 2.05) is 9.97 Å². The molecule has 0 radical (unpaired) electrons. The molecule has 128 valence electrons. The van der Waals surface area contributed by atoms with E-state index in [1.165, 1.54) is 0 Å². The molecule has 12 heteroatoms. The van der Waals surface area contributed by atoms with Gasteiger partial charge in [-0.15, -0.1) is 0 Å². The van der Waals surface area contributed by atoms with Gasteiger partial charge in [0.25, 0.3) is 11.1 Å². The first-order valence-corrected chi connectivity index (χ1v) is 7.66. The van der Waals surface area contributed by atoms with Crippen LogP contribution in [0.5, 0.6) is 0 Å². The van der Waals surface area contributed by atoms with E-state index in [0.29, 0.717) is 26.2 Å². The molecule has 1 aliphatic rings. The van der Waals surface area contributed by atoms with Gasteiger partial charge in [0.1, 0.15) is 21.7 Å². The van der Waals surface area contributed by atoms with Gasteiger partial charge in [-0.1, -0.05) is 23.2 Å². The van der Waals surface area contributed by atoms with Gasteiger partial charge in [0.05, 0.1) is 0 Å². The Morgan fingerprint density at radius 2 is 0.958 bits per heavy atom. The van der Waals surface area contributed by atoms with E-state index in [-0.39, 0.29) is 21.7 Å². The van der Waals surface area contributed by atoms with Gasteiger partial charge in [-0.25, -0.2) is 9.59 Å². The van der Waals surface area contributed by atoms with E-state index in [0.717, 1.165) is 0 Å². The van der Waals surface area contributed by atoms with Gasteiger partial charge in [0.15, 0.2) is 0 Å². The lowest BCUT2D eigenvalue weighted by Crippen LogP contribution is -2.49. The van der Waals surface area contributed by atoms with E-state index in [1.54, 1.807) is 9.80 Å². The maximum absolute atomic E-state index is 11.6. The van der Waals surface area contributed by atoms with Crippen molar-refractivity contribution in [3.63, 3.8) is 0 Å². The number of halogens is 2. The molecule has 1 saturated heterocycles. The summed E-state index contributed by atoms with van der Waals surface area (Å²) in [5.41, 5.74) is -2.63. The zero-order valence-electron chi connectivity index (χ0n) is 12.1. The Morgan fingerprint density at radius 1 is 0.625 bits per heavy atom. The van der Waals surface area contributed by atoms with Crippen LogP contribution in [0.25, 0.3) is 0 Å². The minimum absolute atomic E-state index is 0.106. The van der Waals surface area contributed by atoms with Crippen molar-refractivity contribution in [1.29, 1.82) is 0 Å². The van der Waals surface area contributed by atoms with Crippen molar-refractivity contribution in [2.75, 3.05) is 36.0 Å². The van der Waals surface area contributed by atoms with Crippen LogP contribution < -0.4 is 32.3 Å². The lowest BCUT2D eigenvalue weighted by atomic mass is 10.3. The van der Waals surface area contributed by atoms with Gasteiger partial charge in [-0.2, -0.15) is 0 Å². The predicted octanol–water partition coefficient (Wildman–Crippen LogP) is -0.927. The molecule has 24 heavy (non-hydrogen) atoms. The highest BCUT2D eigenvalue weighted by molar-refractivity contribution is 6.33. The van der Waals surface area contributed by atoms with Crippen molar-refractivity contribution in [2.24, 2.45) is 0 Å². The SMILES string of the molecule is O=c1[nH]c(N2CCN(c3[nH]c(=O)[nH]c(=O)c3Cl)CC2)c(Cl)c(=O)[nH]1. The first-order chi connectivity index (χ1) is 11.4. The molecule has 0 spiro atoms. The van der Waals surface area contributed by atoms with Crippen LogP contribution in [0.1, 0.15) is 0 Å². The van der Waals surface area contributed by atoms with Gasteiger partial charge in [-0.05, 0) is 0 Å². The predicted molar refractivity (Wildman–Crippen MR) is 89.8 cm³/mol. The zero-order valence-corrected chi connectivity index (χ0v) is 13.6. The smallest absolute Gasteiger partial charge is 0.327 e. The molecule has 0 aromatic carbocycles. The number of hydrogen-bond acceptors (Lipinski definition) is 6. The van der Waals surface area contributed by atoms with Gasteiger partial charge >= 0.3 is 11.4 Å². The minimum atomic E-state index is -0.667. The maximum Gasteiger partial charge on any atom is 0.327 e. The number of nitrogens with zero attached hydrogens (tertiary/aromatic N) is 2. The summed E-state index contributed by atoms with van der Waals surface area (Å²) < 4.78 is 0. The van der Waals surface area contributed by atoms with Crippen molar-refractivity contribution >= 4 is 34.8 Å². The molecule has 3 heterocycles. The summed E-state index contributed by atoms with van der Waals surface area (Å²) in [6, 6.07) is 0. The second-order valence-corrected chi connectivity index (χ2v) is 5.87. The Balaban J connectivity index is 1.85. The summed E-state index contributed by atoms with van der Waals surface area (Å²) in [4.78, 5) is 58.5. The Labute approximate surface area is 143 Å². The van der Waals surface area contributed by atoms with Crippen LogP contribution in [0, 0.1) is 0 Å². The highest BCUT2D eigenvalue weighted by atomic mass is 35.5. The number of anilines is 2. The number of aromatic amines is 4. The third-order valence-electron chi connectivity index (χ3n) is 3.64. The highest BCUT2D eigenvalue weighted by Gasteiger charge is 2.23. The first-order valence-electron chi connectivity index (χ1n) is 6.91. The van der Waals surface area contributed by atoms with Crippen LogP contribution >= 0.6 is 23.2 Å². The number of rotatable bonds is 2. The standard InChI is InChI=1S/C12H12Cl2N6O4/c13-5-7(15-11(23)17-9(5)21)19-1-2-20(4-3-19)8-6(14)10(22)18-12(24)16-8/h1-4H2,(H2,15,17,21,23)(H2,16,18,22,24). The average Bonchev–Trinajstić information content (AvgIpc) is 2.54. The topological polar surface area (TPSA) is 138 Å². The van der Waals surface area contributed by atoms with Crippen molar-refractivity contribution in [3.8, 4) is 0 Å². The summed E-state index contributed by atoms with van der Waals surface area (Å²) in [7, 11) is 0. The Morgan fingerprint density at radius 3 is 1.29 bits per heavy atom. The lowest BCUT2D eigenvalue weighted by molar-refractivity contribution is 0.637. The van der Waals surface area contributed by atoms with Gasteiger partial charge in [0, 0.05) is 26.2 Å². The molecule has 1 aliphatic heterocycles. The normalized spacial score (nSPS) is 14.9. The summed E-state index contributed by atoms with van der Waals surface area (Å²) in [5.74, 6) is 0.464. The van der Waals surface area contributed by atoms with Crippen molar-refractivity contribution in [3.05, 3.63) is 51.7 Å². The molecule has 1 fully saturated rings. The molecule has 3 rings (SSSR count). The molecule has 0 amide bonds. The van der Waals surface area contributed by atoms with Crippen LogP contribution in [0.15, 0.2) is 19.2 Å². The summed E-state index contributed by atoms with van der Waals surface area (Å²) in [5, 5.41) is -0.212. The molecule has 0 atom stereocenters. The first kappa shape index (κ1) is 16.4. The van der Waals surface area contributed by atoms with Gasteiger partial charge in [0.2, 0.25) is 0 Å². The Kier molecular flexibility index (Phi) is 4.24. The Bertz CT molecular complexity index is 917. The minimum Gasteiger partial charge on any atom is -0.353 e. The number of aromatic nitrogens is 4. The maximum atomic E-state index is 11.6. The van der Waals surface area contributed by atoms with E-state index in [4.69, 9.17) is 23.2 Å². The Hall–Kier alpha value is -2.46. The second-order valence-electron chi connectivity index (χ2n) is 5.12. The molecule has 0 saturated carbocycles. The molecule has 0 unspecified atom stereocenters. The molecular formula is C12H12Cl2N6O4. The summed E-state index contributed by atoms with van der Waals surface area (Å²) >= 11 is 11.9. The van der Waals surface area contributed by atoms with Crippen LogP contribution in [0.3, 0.4) is 0 Å². The van der Waals surface area contributed by atoms with E-state index in [2.05, 4.69) is 9.97 Å². The van der Waals surface area contributed by atoms with E-state index >= 15 is 0 Å². The van der Waals surface area contributed by atoms with Crippen LogP contribution in [-0.4, -0.2) is 46.1 Å². The van der Waals surface area contributed by atoms with Crippen molar-refractivity contribution in [2.45, 2.75) is 0 Å². The fourth-order valence-corrected chi connectivity index (χ4v) is 2.94.